The van der Waals surface area contributed by atoms with Gasteiger partial charge in [0.15, 0.2) is 0 Å². The van der Waals surface area contributed by atoms with Crippen molar-refractivity contribution in [2.45, 2.75) is 19.4 Å². The van der Waals surface area contributed by atoms with Crippen LogP contribution in [-0.4, -0.2) is 22.8 Å². The zero-order chi connectivity index (χ0) is 15.2. The van der Waals surface area contributed by atoms with Crippen molar-refractivity contribution in [3.8, 4) is 0 Å². The smallest absolute Gasteiger partial charge is 0.252 e. The number of primary amides is 1. The lowest BCUT2D eigenvalue weighted by atomic mass is 10.0. The number of carbonyl (C=O) groups excluding carboxylic acids is 2. The number of rotatable bonds is 5. The van der Waals surface area contributed by atoms with Crippen molar-refractivity contribution < 1.29 is 9.59 Å². The van der Waals surface area contributed by atoms with Crippen LogP contribution in [0.15, 0.2) is 48.8 Å². The maximum atomic E-state index is 12.1. The first-order chi connectivity index (χ1) is 10.1. The molecule has 0 aliphatic rings. The molecule has 1 aromatic carbocycles. The summed E-state index contributed by atoms with van der Waals surface area (Å²) < 4.78 is 0. The van der Waals surface area contributed by atoms with Gasteiger partial charge in [0.1, 0.15) is 6.04 Å². The standard InChI is InChI=1S/C16H17N3O2/c1-11-4-2-3-5-13(11)10-14(15(17)20)19-16(21)12-6-8-18-9-7-12/h2-9,14H,10H2,1H3,(H2,17,20)(H,19,21)/t14-/m0/s1. The Bertz CT molecular complexity index is 641. The van der Waals surface area contributed by atoms with Crippen LogP contribution < -0.4 is 11.1 Å². The largest absolute Gasteiger partial charge is 0.368 e. The second kappa shape index (κ2) is 6.65. The van der Waals surface area contributed by atoms with E-state index in [1.54, 1.807) is 12.1 Å². The van der Waals surface area contributed by atoms with Gasteiger partial charge >= 0.3 is 0 Å². The number of aromatic nitrogens is 1. The Hall–Kier alpha value is -2.69. The molecule has 5 nitrogen and oxygen atoms in total. The third-order valence-corrected chi connectivity index (χ3v) is 3.28. The van der Waals surface area contributed by atoms with Gasteiger partial charge in [-0.1, -0.05) is 24.3 Å². The van der Waals surface area contributed by atoms with E-state index in [9.17, 15) is 9.59 Å². The van der Waals surface area contributed by atoms with Crippen molar-refractivity contribution in [2.75, 3.05) is 0 Å². The lowest BCUT2D eigenvalue weighted by Gasteiger charge is -2.16. The topological polar surface area (TPSA) is 85.1 Å². The van der Waals surface area contributed by atoms with E-state index in [2.05, 4.69) is 10.3 Å². The fourth-order valence-corrected chi connectivity index (χ4v) is 2.03. The minimum atomic E-state index is -0.744. The molecule has 0 spiro atoms. The van der Waals surface area contributed by atoms with E-state index in [1.807, 2.05) is 31.2 Å². The van der Waals surface area contributed by atoms with Gasteiger partial charge in [0.25, 0.3) is 5.91 Å². The number of nitrogens with one attached hydrogen (secondary N) is 1. The Labute approximate surface area is 123 Å². The van der Waals surface area contributed by atoms with Crippen LogP contribution in [0.25, 0.3) is 0 Å². The Morgan fingerprint density at radius 3 is 2.48 bits per heavy atom. The molecule has 0 fully saturated rings. The van der Waals surface area contributed by atoms with Gasteiger partial charge in [-0.3, -0.25) is 14.6 Å². The molecule has 2 rings (SSSR count). The van der Waals surface area contributed by atoms with E-state index in [-0.39, 0.29) is 5.91 Å². The molecule has 5 heteroatoms. The van der Waals surface area contributed by atoms with E-state index >= 15 is 0 Å². The molecule has 21 heavy (non-hydrogen) atoms. The van der Waals surface area contributed by atoms with E-state index in [4.69, 9.17) is 5.73 Å². The number of nitrogens with zero attached hydrogens (tertiary/aromatic N) is 1. The lowest BCUT2D eigenvalue weighted by Crippen LogP contribution is -2.46. The summed E-state index contributed by atoms with van der Waals surface area (Å²) in [4.78, 5) is 27.5. The number of hydrogen-bond donors (Lipinski definition) is 2. The molecular weight excluding hydrogens is 266 g/mol. The first-order valence-electron chi connectivity index (χ1n) is 6.62. The highest BCUT2D eigenvalue weighted by Crippen LogP contribution is 2.10. The number of benzene rings is 1. The van der Waals surface area contributed by atoms with Crippen LogP contribution in [0.5, 0.6) is 0 Å². The van der Waals surface area contributed by atoms with Crippen molar-refractivity contribution in [3.05, 3.63) is 65.5 Å². The highest BCUT2D eigenvalue weighted by molar-refractivity contribution is 5.97. The SMILES string of the molecule is Cc1ccccc1C[C@H](NC(=O)c1ccncc1)C(N)=O. The van der Waals surface area contributed by atoms with Crippen LogP contribution in [0.3, 0.4) is 0 Å². The van der Waals surface area contributed by atoms with Crippen molar-refractivity contribution in [3.63, 3.8) is 0 Å². The van der Waals surface area contributed by atoms with E-state index < -0.39 is 11.9 Å². The van der Waals surface area contributed by atoms with Crippen LogP contribution in [0.4, 0.5) is 0 Å². The summed E-state index contributed by atoms with van der Waals surface area (Å²) in [6, 6.07) is 10.1. The van der Waals surface area contributed by atoms with Crippen molar-refractivity contribution in [1.82, 2.24) is 10.3 Å². The van der Waals surface area contributed by atoms with Crippen LogP contribution in [0.2, 0.25) is 0 Å². The molecule has 0 radical (unpaired) electrons. The third kappa shape index (κ3) is 3.89. The maximum absolute atomic E-state index is 12.1. The predicted octanol–water partition coefficient (Wildman–Crippen LogP) is 1.22. The summed E-state index contributed by atoms with van der Waals surface area (Å²) in [5.74, 6) is -0.893. The third-order valence-electron chi connectivity index (χ3n) is 3.28. The summed E-state index contributed by atoms with van der Waals surface area (Å²) in [6.45, 7) is 1.96. The van der Waals surface area contributed by atoms with Gasteiger partial charge in [0, 0.05) is 24.4 Å². The molecule has 0 unspecified atom stereocenters. The predicted molar refractivity (Wildman–Crippen MR) is 79.6 cm³/mol. The summed E-state index contributed by atoms with van der Waals surface area (Å²) in [5.41, 5.74) is 7.88. The number of nitrogens with two attached hydrogens (primary N) is 1. The molecule has 1 aromatic heterocycles. The zero-order valence-corrected chi connectivity index (χ0v) is 11.7. The van der Waals surface area contributed by atoms with Crippen LogP contribution in [-0.2, 0) is 11.2 Å². The highest BCUT2D eigenvalue weighted by atomic mass is 16.2. The maximum Gasteiger partial charge on any atom is 0.252 e. The average molecular weight is 283 g/mol. The second-order valence-corrected chi connectivity index (χ2v) is 4.79. The summed E-state index contributed by atoms with van der Waals surface area (Å²) in [6.07, 6.45) is 3.42. The first kappa shape index (κ1) is 14.7. The Balaban J connectivity index is 2.12. The molecule has 0 aliphatic heterocycles. The average Bonchev–Trinajstić information content (AvgIpc) is 2.49. The van der Waals surface area contributed by atoms with E-state index in [0.29, 0.717) is 12.0 Å². The van der Waals surface area contributed by atoms with Crippen molar-refractivity contribution >= 4 is 11.8 Å². The number of amides is 2. The van der Waals surface area contributed by atoms with Gasteiger partial charge in [-0.2, -0.15) is 0 Å². The monoisotopic (exact) mass is 283 g/mol. The normalized spacial score (nSPS) is 11.7. The second-order valence-electron chi connectivity index (χ2n) is 4.79. The quantitative estimate of drug-likeness (QED) is 0.865. The molecule has 0 bridgehead atoms. The molecular formula is C16H17N3O2. The van der Waals surface area contributed by atoms with Crippen LogP contribution >= 0.6 is 0 Å². The highest BCUT2D eigenvalue weighted by Gasteiger charge is 2.20. The first-order valence-corrected chi connectivity index (χ1v) is 6.62. The lowest BCUT2D eigenvalue weighted by molar-refractivity contribution is -0.119. The summed E-state index contributed by atoms with van der Waals surface area (Å²) in [5, 5.41) is 2.67. The Morgan fingerprint density at radius 1 is 1.19 bits per heavy atom. The van der Waals surface area contributed by atoms with Gasteiger partial charge < -0.3 is 11.1 Å². The molecule has 108 valence electrons. The van der Waals surface area contributed by atoms with E-state index in [0.717, 1.165) is 11.1 Å². The molecule has 0 aliphatic carbocycles. The Kier molecular flexibility index (Phi) is 4.66. The minimum absolute atomic E-state index is 0.338. The van der Waals surface area contributed by atoms with Gasteiger partial charge in [0.05, 0.1) is 0 Å². The fraction of sp³-hybridized carbons (Fsp3) is 0.188. The van der Waals surface area contributed by atoms with Gasteiger partial charge in [-0.05, 0) is 30.2 Å². The van der Waals surface area contributed by atoms with Gasteiger partial charge in [-0.25, -0.2) is 0 Å². The Morgan fingerprint density at radius 2 is 1.86 bits per heavy atom. The summed E-state index contributed by atoms with van der Waals surface area (Å²) >= 11 is 0. The van der Waals surface area contributed by atoms with Crippen molar-refractivity contribution in [1.29, 1.82) is 0 Å². The fourth-order valence-electron chi connectivity index (χ4n) is 2.03. The number of hydrogen-bond acceptors (Lipinski definition) is 3. The summed E-state index contributed by atoms with van der Waals surface area (Å²) in [7, 11) is 0. The van der Waals surface area contributed by atoms with Crippen LogP contribution in [0.1, 0.15) is 21.5 Å². The van der Waals surface area contributed by atoms with Gasteiger partial charge in [-0.15, -0.1) is 0 Å². The molecule has 2 aromatic rings. The number of carbonyl (C=O) groups is 2. The van der Waals surface area contributed by atoms with Crippen molar-refractivity contribution in [2.24, 2.45) is 5.73 Å². The zero-order valence-electron chi connectivity index (χ0n) is 11.7. The molecule has 3 N–H and O–H groups in total. The minimum Gasteiger partial charge on any atom is -0.368 e. The molecule has 2 amide bonds. The molecule has 0 saturated carbocycles. The molecule has 0 saturated heterocycles. The molecule has 1 atom stereocenters. The number of pyridine rings is 1. The van der Waals surface area contributed by atoms with E-state index in [1.165, 1.54) is 12.4 Å². The van der Waals surface area contributed by atoms with Gasteiger partial charge in [0.2, 0.25) is 5.91 Å². The van der Waals surface area contributed by atoms with Crippen LogP contribution in [0, 0.1) is 6.92 Å². The number of aryl methyl sites for hydroxylation is 1. The molecule has 1 heterocycles.